The molecule has 3 heteroatoms. The van der Waals surface area contributed by atoms with Gasteiger partial charge in [-0.15, -0.1) is 0 Å². The number of hydrogen-bond donors (Lipinski definition) is 0. The van der Waals surface area contributed by atoms with Gasteiger partial charge in [-0.1, -0.05) is 39.3 Å². The van der Waals surface area contributed by atoms with Crippen LogP contribution < -0.4 is 0 Å². The molecular weight excluding hydrogens is 214 g/mol. The summed E-state index contributed by atoms with van der Waals surface area (Å²) in [5.74, 6) is 0. The first-order chi connectivity index (χ1) is 6.73. The second kappa shape index (κ2) is 4.22. The highest BCUT2D eigenvalue weighted by atomic mass is 28.4. The topological polar surface area (TPSA) is 12.9 Å². The van der Waals surface area contributed by atoms with Crippen molar-refractivity contribution in [3.8, 4) is 0 Å². The molecule has 0 aliphatic heterocycles. The minimum absolute atomic E-state index is 0.827. The predicted molar refractivity (Wildman–Crippen MR) is 73.7 cm³/mol. The van der Waals surface area contributed by atoms with Gasteiger partial charge in [-0.05, 0) is 22.9 Å². The minimum atomic E-state index is -1.13. The molecule has 0 saturated carbocycles. The lowest BCUT2D eigenvalue weighted by Gasteiger charge is -2.38. The normalized spacial score (nSPS) is 13.3. The van der Waals surface area contributed by atoms with Crippen LogP contribution in [0.1, 0.15) is 10.7 Å². The third-order valence-electron chi connectivity index (χ3n) is 2.77. The summed E-state index contributed by atoms with van der Waals surface area (Å²) in [4.78, 5) is 4.12. The number of aromatic nitrogens is 1. The molecule has 0 atom stereocenters. The lowest BCUT2D eigenvalue weighted by molar-refractivity contribution is 1.15. The lowest BCUT2D eigenvalue weighted by atomic mass is 10.3. The minimum Gasteiger partial charge on any atom is -0.265 e. The molecule has 84 valence electrons. The summed E-state index contributed by atoms with van der Waals surface area (Å²) in [7, 11) is -2.26. The monoisotopic (exact) mass is 237 g/mol. The molecule has 0 spiro atoms. The first-order valence-electron chi connectivity index (χ1n) is 5.63. The van der Waals surface area contributed by atoms with Gasteiger partial charge in [-0.3, -0.25) is 4.98 Å². The van der Waals surface area contributed by atoms with E-state index in [1.54, 1.807) is 0 Å². The Morgan fingerprint density at radius 2 is 1.27 bits per heavy atom. The Kier molecular flexibility index (Phi) is 3.56. The van der Waals surface area contributed by atoms with Gasteiger partial charge in [0.1, 0.15) is 0 Å². The van der Waals surface area contributed by atoms with Crippen LogP contribution in [0.25, 0.3) is 0 Å². The highest BCUT2D eigenvalue weighted by Crippen LogP contribution is 2.35. The maximum Gasteiger partial charge on any atom is 0.0493 e. The molecule has 0 fully saturated rings. The molecule has 1 heterocycles. The zero-order valence-corrected chi connectivity index (χ0v) is 12.8. The van der Waals surface area contributed by atoms with Crippen molar-refractivity contribution in [2.24, 2.45) is 0 Å². The summed E-state index contributed by atoms with van der Waals surface area (Å²) in [6.45, 7) is 14.9. The lowest BCUT2D eigenvalue weighted by Crippen LogP contribution is -2.46. The summed E-state index contributed by atoms with van der Waals surface area (Å²) in [6.07, 6.45) is 3.87. The van der Waals surface area contributed by atoms with Crippen LogP contribution >= 0.6 is 0 Å². The molecule has 1 rings (SSSR count). The summed E-state index contributed by atoms with van der Waals surface area (Å²) in [5, 5.41) is 0.827. The van der Waals surface area contributed by atoms with Crippen molar-refractivity contribution < 1.29 is 0 Å². The first kappa shape index (κ1) is 12.7. The van der Waals surface area contributed by atoms with Crippen molar-refractivity contribution in [2.45, 2.75) is 44.4 Å². The zero-order chi connectivity index (χ0) is 11.7. The van der Waals surface area contributed by atoms with Crippen LogP contribution in [-0.4, -0.2) is 21.1 Å². The molecule has 0 radical (unpaired) electrons. The molecule has 0 bridgehead atoms. The molecular formula is C12H23NSi2. The van der Waals surface area contributed by atoms with Gasteiger partial charge in [-0.2, -0.15) is 0 Å². The summed E-state index contributed by atoms with van der Waals surface area (Å²) in [5.41, 5.74) is 1.52. The average Bonchev–Trinajstić information content (AvgIpc) is 2.00. The van der Waals surface area contributed by atoms with Crippen LogP contribution in [0, 0.1) is 0 Å². The van der Waals surface area contributed by atoms with Crippen LogP contribution in [0.2, 0.25) is 39.3 Å². The van der Waals surface area contributed by atoms with E-state index < -0.39 is 16.1 Å². The zero-order valence-electron chi connectivity index (χ0n) is 10.8. The maximum absolute atomic E-state index is 4.12. The van der Waals surface area contributed by atoms with Crippen LogP contribution in [0.15, 0.2) is 24.5 Å². The van der Waals surface area contributed by atoms with Gasteiger partial charge in [-0.25, -0.2) is 0 Å². The quantitative estimate of drug-likeness (QED) is 0.726. The smallest absolute Gasteiger partial charge is 0.0493 e. The Morgan fingerprint density at radius 1 is 0.867 bits per heavy atom. The van der Waals surface area contributed by atoms with Crippen molar-refractivity contribution in [2.75, 3.05) is 0 Å². The molecule has 0 amide bonds. The van der Waals surface area contributed by atoms with Crippen LogP contribution in [0.3, 0.4) is 0 Å². The van der Waals surface area contributed by atoms with E-state index in [2.05, 4.69) is 56.4 Å². The Bertz CT molecular complexity index is 295. The summed E-state index contributed by atoms with van der Waals surface area (Å²) in [6, 6.07) is 4.42. The Balaban J connectivity index is 3.15. The van der Waals surface area contributed by atoms with E-state index in [1.807, 2.05) is 12.4 Å². The fraction of sp³-hybridized carbons (Fsp3) is 0.583. The Morgan fingerprint density at radius 3 is 1.60 bits per heavy atom. The molecule has 1 nitrogen and oxygen atoms in total. The second-order valence-electron chi connectivity index (χ2n) is 6.45. The van der Waals surface area contributed by atoms with Crippen LogP contribution in [0.5, 0.6) is 0 Å². The van der Waals surface area contributed by atoms with Crippen molar-refractivity contribution in [1.29, 1.82) is 0 Å². The Labute approximate surface area is 96.0 Å². The number of rotatable bonds is 3. The van der Waals surface area contributed by atoms with E-state index >= 15 is 0 Å². The van der Waals surface area contributed by atoms with Gasteiger partial charge in [0.25, 0.3) is 0 Å². The number of hydrogen-bond acceptors (Lipinski definition) is 1. The van der Waals surface area contributed by atoms with Gasteiger partial charge in [0.15, 0.2) is 0 Å². The molecule has 0 unspecified atom stereocenters. The first-order valence-corrected chi connectivity index (χ1v) is 12.8. The van der Waals surface area contributed by atoms with E-state index in [1.165, 1.54) is 5.56 Å². The van der Waals surface area contributed by atoms with E-state index in [4.69, 9.17) is 0 Å². The number of pyridine rings is 1. The van der Waals surface area contributed by atoms with Gasteiger partial charge in [0.05, 0.1) is 0 Å². The van der Waals surface area contributed by atoms with Crippen LogP contribution in [0.4, 0.5) is 0 Å². The third kappa shape index (κ3) is 3.28. The fourth-order valence-electron chi connectivity index (χ4n) is 2.85. The van der Waals surface area contributed by atoms with E-state index in [0.717, 1.165) is 5.16 Å². The van der Waals surface area contributed by atoms with E-state index in [-0.39, 0.29) is 0 Å². The third-order valence-corrected chi connectivity index (χ3v) is 12.1. The maximum atomic E-state index is 4.12. The highest BCUT2D eigenvalue weighted by Gasteiger charge is 2.38. The van der Waals surface area contributed by atoms with E-state index in [9.17, 15) is 0 Å². The standard InChI is InChI=1S/C12H23NSi2/c1-14(2,3)12(15(4,5)6)11-7-9-13-10-8-11/h7-10,12H,1-6H3. The molecule has 0 aliphatic rings. The summed E-state index contributed by atoms with van der Waals surface area (Å²) >= 11 is 0. The highest BCUT2D eigenvalue weighted by molar-refractivity contribution is 6.96. The molecule has 1 aromatic rings. The molecule has 0 aliphatic carbocycles. The van der Waals surface area contributed by atoms with Crippen molar-refractivity contribution >= 4 is 16.1 Å². The van der Waals surface area contributed by atoms with Gasteiger partial charge < -0.3 is 0 Å². The fourth-order valence-corrected chi connectivity index (χ4v) is 15.6. The van der Waals surface area contributed by atoms with Crippen LogP contribution in [-0.2, 0) is 0 Å². The van der Waals surface area contributed by atoms with Crippen molar-refractivity contribution in [1.82, 2.24) is 4.98 Å². The van der Waals surface area contributed by atoms with Gasteiger partial charge in [0.2, 0.25) is 0 Å². The Hall–Kier alpha value is -0.416. The predicted octanol–water partition coefficient (Wildman–Crippen LogP) is 3.92. The van der Waals surface area contributed by atoms with Gasteiger partial charge >= 0.3 is 0 Å². The molecule has 15 heavy (non-hydrogen) atoms. The largest absolute Gasteiger partial charge is 0.265 e. The van der Waals surface area contributed by atoms with E-state index in [0.29, 0.717) is 0 Å². The van der Waals surface area contributed by atoms with Crippen molar-refractivity contribution in [3.63, 3.8) is 0 Å². The molecule has 1 aromatic heterocycles. The summed E-state index contributed by atoms with van der Waals surface area (Å²) < 4.78 is 0. The number of nitrogens with zero attached hydrogens (tertiary/aromatic N) is 1. The SMILES string of the molecule is C[Si](C)(C)C(c1ccncc1)[Si](C)(C)C. The molecule has 0 N–H and O–H groups in total. The average molecular weight is 237 g/mol. The molecule has 0 saturated heterocycles. The molecule has 0 aromatic carbocycles. The van der Waals surface area contributed by atoms with Crippen molar-refractivity contribution in [3.05, 3.63) is 30.1 Å². The second-order valence-corrected chi connectivity index (χ2v) is 17.6. The van der Waals surface area contributed by atoms with Gasteiger partial charge in [0, 0.05) is 28.5 Å².